The summed E-state index contributed by atoms with van der Waals surface area (Å²) in [7, 11) is 1.75. The Balaban J connectivity index is 0.000000209. The summed E-state index contributed by atoms with van der Waals surface area (Å²) in [6.07, 6.45) is 1.16. The Kier molecular flexibility index (Phi) is 8.76. The molecule has 0 saturated carbocycles. The first-order chi connectivity index (χ1) is 13.5. The molecule has 1 aliphatic heterocycles. The van der Waals surface area contributed by atoms with E-state index in [-0.39, 0.29) is 5.91 Å². The smallest absolute Gasteiger partial charge is 0.232 e. The number of allylic oxidation sites excluding steroid dienone is 2. The van der Waals surface area contributed by atoms with E-state index in [2.05, 4.69) is 42.4 Å². The molecule has 0 aromatic heterocycles. The molecule has 1 fully saturated rings. The summed E-state index contributed by atoms with van der Waals surface area (Å²) in [5.41, 5.74) is 4.20. The number of nitrogens with zero attached hydrogens (tertiary/aromatic N) is 2. The average molecular weight is 393 g/mol. The van der Waals surface area contributed by atoms with Crippen LogP contribution < -0.4 is 0 Å². The molecule has 0 atom stereocenters. The molecule has 2 aromatic carbocycles. The summed E-state index contributed by atoms with van der Waals surface area (Å²) < 4.78 is 0. The fourth-order valence-corrected chi connectivity index (χ4v) is 3.16. The van der Waals surface area contributed by atoms with Crippen molar-refractivity contribution in [3.05, 3.63) is 84.9 Å². The van der Waals surface area contributed by atoms with Crippen molar-refractivity contribution in [1.82, 2.24) is 4.90 Å². The molecule has 1 amide bonds. The summed E-state index contributed by atoms with van der Waals surface area (Å²) in [5, 5.41) is 0.976. The molecule has 1 aliphatic rings. The zero-order chi connectivity index (χ0) is 20.4. The number of rotatable bonds is 5. The first-order valence-electron chi connectivity index (χ1n) is 9.36. The van der Waals surface area contributed by atoms with Crippen LogP contribution in [0.3, 0.4) is 0 Å². The molecule has 0 bridgehead atoms. The Labute approximate surface area is 172 Å². The molecule has 0 N–H and O–H groups in total. The highest BCUT2D eigenvalue weighted by Crippen LogP contribution is 2.27. The maximum absolute atomic E-state index is 11.3. The van der Waals surface area contributed by atoms with Gasteiger partial charge < -0.3 is 4.90 Å². The van der Waals surface area contributed by atoms with Crippen molar-refractivity contribution in [3.63, 3.8) is 0 Å². The Hall–Kier alpha value is -2.59. The van der Waals surface area contributed by atoms with Crippen LogP contribution in [-0.2, 0) is 4.79 Å². The third-order valence-corrected chi connectivity index (χ3v) is 5.53. The highest BCUT2D eigenvalue weighted by molar-refractivity contribution is 8.14. The van der Waals surface area contributed by atoms with Crippen LogP contribution in [0.1, 0.15) is 24.5 Å². The Morgan fingerprint density at radius 2 is 1.43 bits per heavy atom. The minimum Gasteiger partial charge on any atom is -0.342 e. The Morgan fingerprint density at radius 3 is 1.79 bits per heavy atom. The van der Waals surface area contributed by atoms with Crippen LogP contribution >= 0.6 is 11.8 Å². The maximum Gasteiger partial charge on any atom is 0.232 e. The number of carbonyl (C=O) groups excluding carboxylic acids is 1. The van der Waals surface area contributed by atoms with Gasteiger partial charge in [-0.15, -0.1) is 11.8 Å². The van der Waals surface area contributed by atoms with Gasteiger partial charge in [0, 0.05) is 20.1 Å². The van der Waals surface area contributed by atoms with E-state index >= 15 is 0 Å². The van der Waals surface area contributed by atoms with Gasteiger partial charge in [0.25, 0.3) is 0 Å². The first-order valence-corrected chi connectivity index (χ1v) is 10.3. The first kappa shape index (κ1) is 21.7. The molecule has 1 heterocycles. The van der Waals surface area contributed by atoms with Gasteiger partial charge in [0.15, 0.2) is 0 Å². The molecule has 3 nitrogen and oxygen atoms in total. The lowest BCUT2D eigenvalue weighted by molar-refractivity contribution is -0.131. The maximum atomic E-state index is 11.3. The quantitative estimate of drug-likeness (QED) is 0.387. The molecule has 0 spiro atoms. The van der Waals surface area contributed by atoms with Crippen molar-refractivity contribution in [2.75, 3.05) is 25.9 Å². The van der Waals surface area contributed by atoms with E-state index in [1.165, 1.54) is 11.8 Å². The lowest BCUT2D eigenvalue weighted by atomic mass is 9.95. The van der Waals surface area contributed by atoms with Crippen LogP contribution in [0.4, 0.5) is 0 Å². The van der Waals surface area contributed by atoms with E-state index in [0.29, 0.717) is 5.75 Å². The van der Waals surface area contributed by atoms with Crippen LogP contribution in [-0.4, -0.2) is 41.7 Å². The summed E-state index contributed by atoms with van der Waals surface area (Å²) >= 11 is 1.52. The SMILES string of the molecule is C=C(C(=C)c1ccccc1)c1ccccc1.CN=C(C)SCC(=O)N1CCC1. The standard InChI is InChI=1S/C16H14.C8H14N2OS/c1-13(15-9-5-3-6-10-15)14(2)16-11-7-4-8-12-16;1-7(9-2)12-6-8(11)10-4-3-5-10/h3-12H,1-2H2;3-6H2,1-2H3. The number of hydrogen-bond acceptors (Lipinski definition) is 3. The molecule has 1 saturated heterocycles. The lowest BCUT2D eigenvalue weighted by Crippen LogP contribution is -2.43. The molecular weight excluding hydrogens is 364 g/mol. The lowest BCUT2D eigenvalue weighted by Gasteiger charge is -2.30. The second-order valence-electron chi connectivity index (χ2n) is 6.45. The Morgan fingerprint density at radius 1 is 0.964 bits per heavy atom. The number of thioether (sulfide) groups is 1. The van der Waals surface area contributed by atoms with Crippen LogP contribution in [0.25, 0.3) is 11.1 Å². The van der Waals surface area contributed by atoms with E-state index in [1.54, 1.807) is 7.05 Å². The summed E-state index contributed by atoms with van der Waals surface area (Å²) in [6.45, 7) is 12.0. The van der Waals surface area contributed by atoms with E-state index in [1.807, 2.05) is 48.2 Å². The molecule has 3 rings (SSSR count). The van der Waals surface area contributed by atoms with Gasteiger partial charge in [0.1, 0.15) is 0 Å². The molecule has 0 radical (unpaired) electrons. The van der Waals surface area contributed by atoms with Crippen LogP contribution in [0.5, 0.6) is 0 Å². The van der Waals surface area contributed by atoms with Crippen LogP contribution in [0, 0.1) is 0 Å². The third-order valence-electron chi connectivity index (χ3n) is 4.54. The predicted molar refractivity (Wildman–Crippen MR) is 124 cm³/mol. The molecule has 28 heavy (non-hydrogen) atoms. The topological polar surface area (TPSA) is 32.7 Å². The molecule has 0 aliphatic carbocycles. The third kappa shape index (κ3) is 6.54. The second kappa shape index (κ2) is 11.3. The highest BCUT2D eigenvalue weighted by Gasteiger charge is 2.19. The van der Waals surface area contributed by atoms with Crippen molar-refractivity contribution in [3.8, 4) is 0 Å². The van der Waals surface area contributed by atoms with Crippen molar-refractivity contribution in [2.24, 2.45) is 4.99 Å². The van der Waals surface area contributed by atoms with Gasteiger partial charge in [-0.05, 0) is 35.6 Å². The van der Waals surface area contributed by atoms with Gasteiger partial charge in [-0.25, -0.2) is 0 Å². The molecule has 146 valence electrons. The molecule has 0 unspecified atom stereocenters. The second-order valence-corrected chi connectivity index (χ2v) is 7.62. The number of hydrogen-bond donors (Lipinski definition) is 0. The molecular formula is C24H28N2OS. The van der Waals surface area contributed by atoms with Crippen molar-refractivity contribution < 1.29 is 4.79 Å². The van der Waals surface area contributed by atoms with Gasteiger partial charge in [0.2, 0.25) is 5.91 Å². The minimum absolute atomic E-state index is 0.245. The normalized spacial score (nSPS) is 13.1. The summed E-state index contributed by atoms with van der Waals surface area (Å²) in [4.78, 5) is 17.2. The van der Waals surface area contributed by atoms with Gasteiger partial charge in [-0.2, -0.15) is 0 Å². The van der Waals surface area contributed by atoms with Crippen molar-refractivity contribution in [2.45, 2.75) is 13.3 Å². The monoisotopic (exact) mass is 392 g/mol. The Bertz CT molecular complexity index is 775. The van der Waals surface area contributed by atoms with Crippen molar-refractivity contribution >= 4 is 33.9 Å². The van der Waals surface area contributed by atoms with Gasteiger partial charge >= 0.3 is 0 Å². The number of aliphatic imine (C=N–C) groups is 1. The zero-order valence-corrected chi connectivity index (χ0v) is 17.5. The predicted octanol–water partition coefficient (Wildman–Crippen LogP) is 5.41. The van der Waals surface area contributed by atoms with Gasteiger partial charge in [-0.3, -0.25) is 9.79 Å². The fourth-order valence-electron chi connectivity index (χ4n) is 2.51. The fraction of sp³-hybridized carbons (Fsp3) is 0.250. The summed E-state index contributed by atoms with van der Waals surface area (Å²) in [6, 6.07) is 20.3. The highest BCUT2D eigenvalue weighted by atomic mass is 32.2. The van der Waals surface area contributed by atoms with Gasteiger partial charge in [0.05, 0.1) is 10.8 Å². The van der Waals surface area contributed by atoms with E-state index in [0.717, 1.165) is 46.8 Å². The van der Waals surface area contributed by atoms with E-state index in [9.17, 15) is 4.79 Å². The molecule has 4 heteroatoms. The zero-order valence-electron chi connectivity index (χ0n) is 16.7. The number of benzene rings is 2. The van der Waals surface area contributed by atoms with E-state index in [4.69, 9.17) is 0 Å². The molecule has 2 aromatic rings. The summed E-state index contributed by atoms with van der Waals surface area (Å²) in [5.74, 6) is 0.789. The van der Waals surface area contributed by atoms with Gasteiger partial charge in [-0.1, -0.05) is 73.8 Å². The van der Waals surface area contributed by atoms with Crippen molar-refractivity contribution in [1.29, 1.82) is 0 Å². The average Bonchev–Trinajstić information content (AvgIpc) is 2.71. The van der Waals surface area contributed by atoms with Crippen LogP contribution in [0.2, 0.25) is 0 Å². The number of likely N-dealkylation sites (tertiary alicyclic amines) is 1. The number of carbonyl (C=O) groups is 1. The number of amides is 1. The minimum atomic E-state index is 0.245. The van der Waals surface area contributed by atoms with E-state index < -0.39 is 0 Å². The van der Waals surface area contributed by atoms with Crippen LogP contribution in [0.15, 0.2) is 78.8 Å². The largest absolute Gasteiger partial charge is 0.342 e.